The van der Waals surface area contributed by atoms with Crippen LogP contribution >= 0.6 is 0 Å². The molecule has 1 aromatic rings. The van der Waals surface area contributed by atoms with Crippen LogP contribution in [-0.4, -0.2) is 36.7 Å². The number of aliphatic carboxylic acids is 1. The molecule has 0 saturated heterocycles. The number of hydrogen-bond acceptors (Lipinski definition) is 3. The first-order chi connectivity index (χ1) is 9.88. The fraction of sp³-hybridized carbons (Fsp3) is 0.467. The number of halogens is 1. The highest BCUT2D eigenvalue weighted by molar-refractivity contribution is 6.05. The number of rotatable bonds is 7. The third kappa shape index (κ3) is 4.53. The van der Waals surface area contributed by atoms with Crippen LogP contribution in [0.5, 0.6) is 0 Å². The second-order valence-electron chi connectivity index (χ2n) is 4.95. The highest BCUT2D eigenvalue weighted by atomic mass is 19.1. The maximum absolute atomic E-state index is 13.0. The lowest BCUT2D eigenvalue weighted by Crippen LogP contribution is -2.44. The zero-order valence-electron chi connectivity index (χ0n) is 12.4. The molecule has 0 aliphatic carbocycles. The maximum Gasteiger partial charge on any atom is 0.316 e. The van der Waals surface area contributed by atoms with Gasteiger partial charge in [-0.3, -0.25) is 9.59 Å². The Kier molecular flexibility index (Phi) is 6.30. The summed E-state index contributed by atoms with van der Waals surface area (Å²) in [6.45, 7) is 3.73. The lowest BCUT2D eigenvalue weighted by atomic mass is 10.0. The van der Waals surface area contributed by atoms with Crippen molar-refractivity contribution in [2.75, 3.05) is 18.6 Å². The Morgan fingerprint density at radius 3 is 2.29 bits per heavy atom. The minimum Gasteiger partial charge on any atom is -0.481 e. The number of nitrogens with zero attached hydrogens (tertiary/aromatic N) is 1. The van der Waals surface area contributed by atoms with Crippen molar-refractivity contribution in [2.45, 2.75) is 26.3 Å². The fourth-order valence-corrected chi connectivity index (χ4v) is 2.04. The Balaban J connectivity index is 3.05. The number of benzene rings is 1. The van der Waals surface area contributed by atoms with Gasteiger partial charge in [0.2, 0.25) is 5.91 Å². The zero-order chi connectivity index (χ0) is 16.0. The SMILES string of the molecule is COCCC(C(=O)O)C(=O)N(c1ccc(F)cc1)C(C)C. The highest BCUT2D eigenvalue weighted by Crippen LogP contribution is 2.21. The molecule has 5 nitrogen and oxygen atoms in total. The van der Waals surface area contributed by atoms with Gasteiger partial charge in [-0.25, -0.2) is 4.39 Å². The van der Waals surface area contributed by atoms with Crippen LogP contribution in [0.3, 0.4) is 0 Å². The topological polar surface area (TPSA) is 66.8 Å². The Morgan fingerprint density at radius 1 is 1.29 bits per heavy atom. The van der Waals surface area contributed by atoms with Gasteiger partial charge in [-0.1, -0.05) is 0 Å². The number of ether oxygens (including phenoxy) is 1. The molecule has 1 unspecified atom stereocenters. The van der Waals surface area contributed by atoms with E-state index in [1.54, 1.807) is 13.8 Å². The summed E-state index contributed by atoms with van der Waals surface area (Å²) < 4.78 is 17.8. The molecule has 0 radical (unpaired) electrons. The molecule has 1 amide bonds. The number of anilines is 1. The van der Waals surface area contributed by atoms with Crippen LogP contribution < -0.4 is 4.90 Å². The molecule has 1 N–H and O–H groups in total. The number of hydrogen-bond donors (Lipinski definition) is 1. The Labute approximate surface area is 123 Å². The van der Waals surface area contributed by atoms with Crippen LogP contribution in [0, 0.1) is 11.7 Å². The van der Waals surface area contributed by atoms with Gasteiger partial charge in [-0.2, -0.15) is 0 Å². The molecule has 6 heteroatoms. The standard InChI is InChI=1S/C15H20FNO4/c1-10(2)17(12-6-4-11(16)5-7-12)14(18)13(15(19)20)8-9-21-3/h4-7,10,13H,8-9H2,1-3H3,(H,19,20). The highest BCUT2D eigenvalue weighted by Gasteiger charge is 2.32. The van der Waals surface area contributed by atoms with Crippen molar-refractivity contribution in [3.8, 4) is 0 Å². The first kappa shape index (κ1) is 17.1. The quantitative estimate of drug-likeness (QED) is 0.784. The van der Waals surface area contributed by atoms with Gasteiger partial charge in [0.15, 0.2) is 0 Å². The number of carboxylic acids is 1. The van der Waals surface area contributed by atoms with Crippen LogP contribution in [0.4, 0.5) is 10.1 Å². The first-order valence-corrected chi connectivity index (χ1v) is 6.68. The molecule has 116 valence electrons. The third-order valence-corrected chi connectivity index (χ3v) is 3.07. The molecule has 1 aromatic carbocycles. The smallest absolute Gasteiger partial charge is 0.316 e. The molecule has 0 heterocycles. The van der Waals surface area contributed by atoms with E-state index >= 15 is 0 Å². The molecule has 0 bridgehead atoms. The summed E-state index contributed by atoms with van der Waals surface area (Å²) in [7, 11) is 1.45. The monoisotopic (exact) mass is 297 g/mol. The molecule has 0 aliphatic heterocycles. The first-order valence-electron chi connectivity index (χ1n) is 6.68. The van der Waals surface area contributed by atoms with E-state index in [4.69, 9.17) is 4.74 Å². The number of carbonyl (C=O) groups excluding carboxylic acids is 1. The van der Waals surface area contributed by atoms with E-state index in [-0.39, 0.29) is 19.1 Å². The predicted octanol–water partition coefficient (Wildman–Crippen LogP) is 2.30. The Morgan fingerprint density at radius 2 is 1.86 bits per heavy atom. The number of carbonyl (C=O) groups is 2. The van der Waals surface area contributed by atoms with Gasteiger partial charge in [0.25, 0.3) is 0 Å². The third-order valence-electron chi connectivity index (χ3n) is 3.07. The zero-order valence-corrected chi connectivity index (χ0v) is 12.4. The largest absolute Gasteiger partial charge is 0.481 e. The van der Waals surface area contributed by atoms with Crippen molar-refractivity contribution in [3.63, 3.8) is 0 Å². The summed E-state index contributed by atoms with van der Waals surface area (Å²) in [5.74, 6) is -3.31. The van der Waals surface area contributed by atoms with E-state index in [2.05, 4.69) is 0 Å². The second kappa shape index (κ2) is 7.73. The Hall–Kier alpha value is -1.95. The van der Waals surface area contributed by atoms with E-state index in [1.165, 1.54) is 36.3 Å². The van der Waals surface area contributed by atoms with Gasteiger partial charge in [0, 0.05) is 25.4 Å². The van der Waals surface area contributed by atoms with Gasteiger partial charge in [-0.15, -0.1) is 0 Å². The van der Waals surface area contributed by atoms with Crippen LogP contribution in [0.2, 0.25) is 0 Å². The molecule has 1 rings (SSSR count). The lowest BCUT2D eigenvalue weighted by Gasteiger charge is -2.29. The summed E-state index contributed by atoms with van der Waals surface area (Å²) in [6, 6.07) is 5.16. The van der Waals surface area contributed by atoms with Crippen LogP contribution in [0.15, 0.2) is 24.3 Å². The Bertz CT molecular complexity index is 487. The fourth-order valence-electron chi connectivity index (χ4n) is 2.04. The van der Waals surface area contributed by atoms with Crippen LogP contribution in [0.25, 0.3) is 0 Å². The number of amides is 1. The van der Waals surface area contributed by atoms with Crippen molar-refractivity contribution in [3.05, 3.63) is 30.1 Å². The average Bonchev–Trinajstić information content (AvgIpc) is 2.41. The predicted molar refractivity (Wildman–Crippen MR) is 76.6 cm³/mol. The van der Waals surface area contributed by atoms with Gasteiger partial charge in [-0.05, 0) is 44.5 Å². The van der Waals surface area contributed by atoms with E-state index in [0.29, 0.717) is 5.69 Å². The summed E-state index contributed by atoms with van der Waals surface area (Å²) in [5, 5.41) is 9.23. The minimum absolute atomic E-state index is 0.0923. The normalized spacial score (nSPS) is 12.2. The van der Waals surface area contributed by atoms with Crippen LogP contribution in [0.1, 0.15) is 20.3 Å². The summed E-state index contributed by atoms with van der Waals surface area (Å²) >= 11 is 0. The van der Waals surface area contributed by atoms with Gasteiger partial charge < -0.3 is 14.7 Å². The van der Waals surface area contributed by atoms with Crippen molar-refractivity contribution >= 4 is 17.6 Å². The minimum atomic E-state index is -1.19. The summed E-state index contributed by atoms with van der Waals surface area (Å²) in [6.07, 6.45) is 0.0923. The van der Waals surface area contributed by atoms with E-state index in [1.807, 2.05) is 0 Å². The molecular formula is C15H20FNO4. The molecule has 0 aliphatic rings. The molecule has 0 aromatic heterocycles. The van der Waals surface area contributed by atoms with Gasteiger partial charge in [0.1, 0.15) is 11.7 Å². The molecule has 0 fully saturated rings. The van der Waals surface area contributed by atoms with E-state index < -0.39 is 23.6 Å². The molecule has 21 heavy (non-hydrogen) atoms. The second-order valence-corrected chi connectivity index (χ2v) is 4.95. The number of methoxy groups -OCH3 is 1. The summed E-state index contributed by atoms with van der Waals surface area (Å²) in [4.78, 5) is 25.2. The van der Waals surface area contributed by atoms with Crippen molar-refractivity contribution in [1.82, 2.24) is 0 Å². The van der Waals surface area contributed by atoms with Gasteiger partial charge in [0.05, 0.1) is 0 Å². The molecule has 0 saturated carbocycles. The summed E-state index contributed by atoms with van der Waals surface area (Å²) in [5.41, 5.74) is 0.472. The maximum atomic E-state index is 13.0. The van der Waals surface area contributed by atoms with E-state index in [0.717, 1.165) is 0 Å². The average molecular weight is 297 g/mol. The molecule has 0 spiro atoms. The lowest BCUT2D eigenvalue weighted by molar-refractivity contribution is -0.147. The number of carboxylic acid groups (broad SMARTS) is 1. The van der Waals surface area contributed by atoms with Crippen molar-refractivity contribution in [1.29, 1.82) is 0 Å². The van der Waals surface area contributed by atoms with Gasteiger partial charge >= 0.3 is 5.97 Å². The van der Waals surface area contributed by atoms with Crippen molar-refractivity contribution < 1.29 is 23.8 Å². The van der Waals surface area contributed by atoms with Crippen LogP contribution in [-0.2, 0) is 14.3 Å². The van der Waals surface area contributed by atoms with E-state index in [9.17, 15) is 19.1 Å². The molecular weight excluding hydrogens is 277 g/mol. The molecule has 1 atom stereocenters. The van der Waals surface area contributed by atoms with Crippen molar-refractivity contribution in [2.24, 2.45) is 5.92 Å².